The summed E-state index contributed by atoms with van der Waals surface area (Å²) in [4.78, 5) is 26.0. The number of rotatable bonds is 4. The van der Waals surface area contributed by atoms with Gasteiger partial charge in [0.15, 0.2) is 11.6 Å². The van der Waals surface area contributed by atoms with E-state index in [1.807, 2.05) is 0 Å². The largest absolute Gasteiger partial charge is 0.480 e. The predicted molar refractivity (Wildman–Crippen MR) is 70.7 cm³/mol. The molecule has 0 aromatic heterocycles. The van der Waals surface area contributed by atoms with Crippen LogP contribution in [-0.4, -0.2) is 59.5 Å². The molecule has 0 spiro atoms. The minimum Gasteiger partial charge on any atom is -0.480 e. The summed E-state index contributed by atoms with van der Waals surface area (Å²) in [5, 5.41) is 8.70. The van der Waals surface area contributed by atoms with Crippen molar-refractivity contribution in [1.82, 2.24) is 9.80 Å². The molecule has 1 saturated heterocycles. The number of carbonyl (C=O) groups excluding carboxylic acids is 1. The molecule has 0 unspecified atom stereocenters. The Bertz CT molecular complexity index is 543. The van der Waals surface area contributed by atoms with Gasteiger partial charge in [-0.05, 0) is 17.7 Å². The van der Waals surface area contributed by atoms with Crippen molar-refractivity contribution >= 4 is 11.9 Å². The average Bonchev–Trinajstić information content (AvgIpc) is 2.43. The lowest BCUT2D eigenvalue weighted by atomic mass is 10.1. The van der Waals surface area contributed by atoms with Crippen molar-refractivity contribution in [2.45, 2.75) is 6.42 Å². The fourth-order valence-electron chi connectivity index (χ4n) is 2.28. The molecule has 0 atom stereocenters. The maximum atomic E-state index is 13.1. The van der Waals surface area contributed by atoms with Crippen molar-refractivity contribution in [1.29, 1.82) is 0 Å². The zero-order valence-electron chi connectivity index (χ0n) is 11.4. The number of nitrogens with zero attached hydrogens (tertiary/aromatic N) is 2. The minimum absolute atomic E-state index is 0.0101. The molecule has 1 aliphatic rings. The number of benzene rings is 1. The van der Waals surface area contributed by atoms with E-state index in [9.17, 15) is 18.4 Å². The third-order valence-corrected chi connectivity index (χ3v) is 3.42. The van der Waals surface area contributed by atoms with Crippen LogP contribution < -0.4 is 0 Å². The Balaban J connectivity index is 1.87. The first kappa shape index (κ1) is 15.4. The normalized spacial score (nSPS) is 16.0. The Morgan fingerprint density at radius 3 is 2.33 bits per heavy atom. The van der Waals surface area contributed by atoms with Gasteiger partial charge in [0.1, 0.15) is 0 Å². The summed E-state index contributed by atoms with van der Waals surface area (Å²) in [6, 6.07) is 3.41. The molecule has 0 bridgehead atoms. The van der Waals surface area contributed by atoms with E-state index in [-0.39, 0.29) is 18.9 Å². The van der Waals surface area contributed by atoms with E-state index in [1.165, 1.54) is 6.07 Å². The summed E-state index contributed by atoms with van der Waals surface area (Å²) in [7, 11) is 0. The van der Waals surface area contributed by atoms with Gasteiger partial charge in [0.25, 0.3) is 0 Å². The first-order valence-corrected chi connectivity index (χ1v) is 6.61. The van der Waals surface area contributed by atoms with E-state index in [0.717, 1.165) is 12.1 Å². The highest BCUT2D eigenvalue weighted by molar-refractivity contribution is 5.79. The second kappa shape index (κ2) is 6.62. The van der Waals surface area contributed by atoms with Gasteiger partial charge >= 0.3 is 5.97 Å². The van der Waals surface area contributed by atoms with Crippen LogP contribution in [0.4, 0.5) is 8.78 Å². The number of hydrogen-bond acceptors (Lipinski definition) is 3. The molecule has 114 valence electrons. The molecule has 1 N–H and O–H groups in total. The Hall–Kier alpha value is -2.02. The SMILES string of the molecule is O=C(O)CN1CCN(C(=O)Cc2ccc(F)c(F)c2)CC1. The summed E-state index contributed by atoms with van der Waals surface area (Å²) < 4.78 is 25.9. The zero-order chi connectivity index (χ0) is 15.4. The summed E-state index contributed by atoms with van der Waals surface area (Å²) in [5.74, 6) is -2.97. The summed E-state index contributed by atoms with van der Waals surface area (Å²) in [6.45, 7) is 1.84. The van der Waals surface area contributed by atoms with E-state index in [1.54, 1.807) is 9.80 Å². The third kappa shape index (κ3) is 4.22. The van der Waals surface area contributed by atoms with Gasteiger partial charge in [-0.25, -0.2) is 8.78 Å². The van der Waals surface area contributed by atoms with E-state index in [2.05, 4.69) is 0 Å². The standard InChI is InChI=1S/C14H16F2N2O3/c15-11-2-1-10(7-12(11)16)8-13(19)18-5-3-17(4-6-18)9-14(20)21/h1-2,7H,3-6,8-9H2,(H,20,21). The number of aliphatic carboxylic acids is 1. The molecule has 1 amide bonds. The van der Waals surface area contributed by atoms with Gasteiger partial charge in [0, 0.05) is 26.2 Å². The first-order chi connectivity index (χ1) is 9.95. The highest BCUT2D eigenvalue weighted by atomic mass is 19.2. The van der Waals surface area contributed by atoms with Crippen LogP contribution in [0.3, 0.4) is 0 Å². The molecule has 1 aromatic carbocycles. The summed E-state index contributed by atoms with van der Waals surface area (Å²) in [5.41, 5.74) is 0.423. The first-order valence-electron chi connectivity index (χ1n) is 6.61. The van der Waals surface area contributed by atoms with Gasteiger partial charge in [-0.3, -0.25) is 14.5 Å². The Morgan fingerprint density at radius 2 is 1.76 bits per heavy atom. The Kier molecular flexibility index (Phi) is 4.85. The van der Waals surface area contributed by atoms with Crippen LogP contribution >= 0.6 is 0 Å². The van der Waals surface area contributed by atoms with Crippen molar-refractivity contribution < 1.29 is 23.5 Å². The Labute approximate surface area is 120 Å². The number of carbonyl (C=O) groups is 2. The van der Waals surface area contributed by atoms with Crippen LogP contribution in [0.25, 0.3) is 0 Å². The topological polar surface area (TPSA) is 60.9 Å². The molecule has 1 heterocycles. The van der Waals surface area contributed by atoms with Crippen molar-refractivity contribution in [2.24, 2.45) is 0 Å². The van der Waals surface area contributed by atoms with E-state index >= 15 is 0 Å². The fourth-order valence-corrected chi connectivity index (χ4v) is 2.28. The zero-order valence-corrected chi connectivity index (χ0v) is 11.4. The van der Waals surface area contributed by atoms with E-state index in [4.69, 9.17) is 5.11 Å². The van der Waals surface area contributed by atoms with Crippen LogP contribution in [0.1, 0.15) is 5.56 Å². The molecule has 1 aliphatic heterocycles. The maximum Gasteiger partial charge on any atom is 0.317 e. The van der Waals surface area contributed by atoms with Gasteiger partial charge in [-0.1, -0.05) is 6.07 Å². The van der Waals surface area contributed by atoms with Crippen molar-refractivity contribution in [3.63, 3.8) is 0 Å². The number of carboxylic acids is 1. The molecular formula is C14H16F2N2O3. The summed E-state index contributed by atoms with van der Waals surface area (Å²) in [6.07, 6.45) is 0.0101. The van der Waals surface area contributed by atoms with E-state index < -0.39 is 17.6 Å². The second-order valence-electron chi connectivity index (χ2n) is 4.98. The monoisotopic (exact) mass is 298 g/mol. The molecule has 2 rings (SSSR count). The van der Waals surface area contributed by atoms with Crippen molar-refractivity contribution in [3.05, 3.63) is 35.4 Å². The number of amides is 1. The number of halogens is 2. The number of piperazine rings is 1. The molecule has 1 fully saturated rings. The van der Waals surface area contributed by atoms with Crippen LogP contribution in [0.2, 0.25) is 0 Å². The van der Waals surface area contributed by atoms with Crippen molar-refractivity contribution in [3.8, 4) is 0 Å². The van der Waals surface area contributed by atoms with E-state index in [0.29, 0.717) is 31.7 Å². The highest BCUT2D eigenvalue weighted by Crippen LogP contribution is 2.11. The molecule has 21 heavy (non-hydrogen) atoms. The Morgan fingerprint density at radius 1 is 1.10 bits per heavy atom. The molecule has 0 aliphatic carbocycles. The molecule has 1 aromatic rings. The number of hydrogen-bond donors (Lipinski definition) is 1. The molecule has 7 heteroatoms. The lowest BCUT2D eigenvalue weighted by Crippen LogP contribution is -2.50. The fraction of sp³-hybridized carbons (Fsp3) is 0.429. The molecule has 5 nitrogen and oxygen atoms in total. The molecular weight excluding hydrogens is 282 g/mol. The van der Waals surface area contributed by atoms with Crippen molar-refractivity contribution in [2.75, 3.05) is 32.7 Å². The van der Waals surface area contributed by atoms with Crippen LogP contribution in [0, 0.1) is 11.6 Å². The van der Waals surface area contributed by atoms with Gasteiger partial charge in [0.2, 0.25) is 5.91 Å². The van der Waals surface area contributed by atoms with Crippen LogP contribution in [0.15, 0.2) is 18.2 Å². The predicted octanol–water partition coefficient (Wildman–Crippen LogP) is 0.736. The molecule has 0 saturated carbocycles. The third-order valence-electron chi connectivity index (χ3n) is 3.42. The second-order valence-corrected chi connectivity index (χ2v) is 4.98. The van der Waals surface area contributed by atoms with Gasteiger partial charge in [-0.15, -0.1) is 0 Å². The lowest BCUT2D eigenvalue weighted by molar-refractivity contribution is -0.139. The summed E-state index contributed by atoms with van der Waals surface area (Å²) >= 11 is 0. The number of carboxylic acid groups (broad SMARTS) is 1. The quantitative estimate of drug-likeness (QED) is 0.890. The van der Waals surface area contributed by atoms with Gasteiger partial charge in [-0.2, -0.15) is 0 Å². The van der Waals surface area contributed by atoms with Crippen LogP contribution in [0.5, 0.6) is 0 Å². The highest BCUT2D eigenvalue weighted by Gasteiger charge is 2.22. The minimum atomic E-state index is -0.966. The van der Waals surface area contributed by atoms with Gasteiger partial charge in [0.05, 0.1) is 13.0 Å². The smallest absolute Gasteiger partial charge is 0.317 e. The van der Waals surface area contributed by atoms with Crippen LogP contribution in [-0.2, 0) is 16.0 Å². The lowest BCUT2D eigenvalue weighted by Gasteiger charge is -2.33. The average molecular weight is 298 g/mol. The maximum absolute atomic E-state index is 13.1. The van der Waals surface area contributed by atoms with Gasteiger partial charge < -0.3 is 10.0 Å². The molecule has 0 radical (unpaired) electrons.